The normalized spacial score (nSPS) is 11.8. The van der Waals surface area contributed by atoms with Gasteiger partial charge in [0.2, 0.25) is 0 Å². The standard InChI is InChI=1S/C23H23N2O3PSe/c1-24(2)16-7-11-19-21(13-16)30-22-14-17(25(3)4)8-12-20(22)23(19)15-5-9-18(10-6-15)29(26,27)28/h5-14H,1-4H3,(H-,26,27,28)/p+1. The van der Waals surface area contributed by atoms with E-state index in [1.165, 1.54) is 42.8 Å². The molecule has 0 saturated carbocycles. The Hall–Kier alpha value is -2.04. The van der Waals surface area contributed by atoms with Gasteiger partial charge in [-0.15, -0.1) is 0 Å². The number of nitrogens with zero attached hydrogens (tertiary/aromatic N) is 2. The van der Waals surface area contributed by atoms with Gasteiger partial charge in [-0.2, -0.15) is 0 Å². The number of rotatable bonds is 3. The minimum absolute atomic E-state index is 0.0400. The SMILES string of the molecule is CN(C)c1ccc2c(-c3ccc([P+]([O-])(O)O)cc3)c3ccc(=[N+](C)C)cc-3[se]c2c1. The van der Waals surface area contributed by atoms with Gasteiger partial charge in [-0.3, -0.25) is 0 Å². The summed E-state index contributed by atoms with van der Waals surface area (Å²) in [7, 11) is 3.91. The predicted octanol–water partition coefficient (Wildman–Crippen LogP) is 1.50. The zero-order valence-corrected chi connectivity index (χ0v) is 19.9. The third-order valence-electron chi connectivity index (χ3n) is 5.21. The Labute approximate surface area is 182 Å². The Balaban J connectivity index is 2.06. The van der Waals surface area contributed by atoms with Crippen LogP contribution >= 0.6 is 7.94 Å². The minimum atomic E-state index is -4.26. The second-order valence-electron chi connectivity index (χ2n) is 7.72. The molecule has 0 fully saturated rings. The van der Waals surface area contributed by atoms with Crippen molar-refractivity contribution in [3.63, 3.8) is 0 Å². The van der Waals surface area contributed by atoms with Crippen LogP contribution < -0.4 is 25.0 Å². The molecule has 4 rings (SSSR count). The Morgan fingerprint density at radius 3 is 2.23 bits per heavy atom. The third kappa shape index (κ3) is 3.95. The van der Waals surface area contributed by atoms with Gasteiger partial charge in [-0.05, 0) is 0 Å². The molecule has 2 aromatic rings. The molecule has 154 valence electrons. The zero-order valence-electron chi connectivity index (χ0n) is 17.3. The van der Waals surface area contributed by atoms with E-state index in [2.05, 4.69) is 45.9 Å². The molecule has 5 nitrogen and oxygen atoms in total. The second kappa shape index (κ2) is 7.90. The van der Waals surface area contributed by atoms with Crippen LogP contribution in [0.1, 0.15) is 0 Å². The summed E-state index contributed by atoms with van der Waals surface area (Å²) in [5.41, 5.74) is 4.43. The van der Waals surface area contributed by atoms with Crippen molar-refractivity contribution in [2.24, 2.45) is 0 Å². The van der Waals surface area contributed by atoms with Crippen LogP contribution in [0.25, 0.3) is 30.8 Å². The van der Waals surface area contributed by atoms with Crippen LogP contribution in [0.3, 0.4) is 0 Å². The van der Waals surface area contributed by atoms with Gasteiger partial charge in [0.25, 0.3) is 0 Å². The van der Waals surface area contributed by atoms with Gasteiger partial charge in [0.1, 0.15) is 0 Å². The summed E-state index contributed by atoms with van der Waals surface area (Å²) in [4.78, 5) is 32.6. The number of benzene rings is 3. The molecule has 0 atom stereocenters. The van der Waals surface area contributed by atoms with E-state index in [1.807, 2.05) is 40.3 Å². The Morgan fingerprint density at radius 1 is 0.933 bits per heavy atom. The molecule has 1 heterocycles. The fourth-order valence-corrected chi connectivity index (χ4v) is 6.52. The summed E-state index contributed by atoms with van der Waals surface area (Å²) in [6.07, 6.45) is 0. The summed E-state index contributed by atoms with van der Waals surface area (Å²) in [5, 5.41) is 2.40. The van der Waals surface area contributed by atoms with E-state index >= 15 is 0 Å². The van der Waals surface area contributed by atoms with Crippen LogP contribution in [0, 0.1) is 0 Å². The van der Waals surface area contributed by atoms with Crippen LogP contribution in [0.2, 0.25) is 0 Å². The monoisotopic (exact) mass is 487 g/mol. The average molecular weight is 486 g/mol. The van der Waals surface area contributed by atoms with Crippen molar-refractivity contribution < 1.29 is 14.7 Å². The fraction of sp³-hybridized carbons (Fsp3) is 0.174. The first-order chi connectivity index (χ1) is 14.1. The molecule has 1 aliphatic heterocycles. The van der Waals surface area contributed by atoms with Gasteiger partial charge in [0.05, 0.1) is 0 Å². The van der Waals surface area contributed by atoms with Crippen molar-refractivity contribution in [1.29, 1.82) is 0 Å². The maximum absolute atomic E-state index is 11.6. The summed E-state index contributed by atoms with van der Waals surface area (Å²) in [6.45, 7) is 0. The number of hydrogen-bond acceptors (Lipinski definition) is 4. The summed E-state index contributed by atoms with van der Waals surface area (Å²) in [6, 6.07) is 19.8. The number of anilines is 1. The molecular weight excluding hydrogens is 462 g/mol. The first-order valence-corrected chi connectivity index (χ1v) is 12.8. The second-order valence-corrected chi connectivity index (χ2v) is 11.6. The van der Waals surface area contributed by atoms with Crippen molar-refractivity contribution in [2.45, 2.75) is 0 Å². The van der Waals surface area contributed by atoms with Gasteiger partial charge < -0.3 is 0 Å². The van der Waals surface area contributed by atoms with Crippen molar-refractivity contribution in [3.8, 4) is 21.1 Å². The van der Waals surface area contributed by atoms with Crippen LogP contribution in [-0.2, 0) is 0 Å². The molecule has 0 radical (unpaired) electrons. The fourth-order valence-electron chi connectivity index (χ4n) is 3.56. The van der Waals surface area contributed by atoms with E-state index in [4.69, 9.17) is 0 Å². The van der Waals surface area contributed by atoms with E-state index in [1.54, 1.807) is 0 Å². The zero-order chi connectivity index (χ0) is 21.6. The molecule has 1 aliphatic carbocycles. The number of fused-ring (bicyclic) bond motifs is 2. The molecule has 30 heavy (non-hydrogen) atoms. The quantitative estimate of drug-likeness (QED) is 0.199. The van der Waals surface area contributed by atoms with Gasteiger partial charge in [0.15, 0.2) is 0 Å². The first-order valence-electron chi connectivity index (χ1n) is 9.50. The van der Waals surface area contributed by atoms with Gasteiger partial charge >= 0.3 is 183 Å². The first kappa shape index (κ1) is 21.2. The maximum atomic E-state index is 11.6. The van der Waals surface area contributed by atoms with Crippen LogP contribution in [0.4, 0.5) is 5.69 Å². The van der Waals surface area contributed by atoms with Crippen molar-refractivity contribution in [2.75, 3.05) is 33.1 Å². The molecule has 0 spiro atoms. The predicted molar refractivity (Wildman–Crippen MR) is 125 cm³/mol. The van der Waals surface area contributed by atoms with E-state index in [9.17, 15) is 14.7 Å². The van der Waals surface area contributed by atoms with Crippen LogP contribution in [0.5, 0.6) is 0 Å². The van der Waals surface area contributed by atoms with Crippen molar-refractivity contribution in [3.05, 3.63) is 66.0 Å². The molecule has 2 aromatic carbocycles. The average Bonchev–Trinajstić information content (AvgIpc) is 2.70. The van der Waals surface area contributed by atoms with E-state index < -0.39 is 7.94 Å². The van der Waals surface area contributed by atoms with Crippen LogP contribution in [0.15, 0.2) is 60.7 Å². The van der Waals surface area contributed by atoms with E-state index in [0.717, 1.165) is 11.1 Å². The molecular formula is C23H24N2O3PSe+. The molecule has 0 unspecified atom stereocenters. The molecule has 2 N–H and O–H groups in total. The summed E-state index contributed by atoms with van der Waals surface area (Å²) in [5.74, 6) is 0. The Bertz CT molecular complexity index is 1270. The Morgan fingerprint density at radius 2 is 1.63 bits per heavy atom. The molecule has 0 amide bonds. The Kier molecular flexibility index (Phi) is 5.58. The van der Waals surface area contributed by atoms with Crippen molar-refractivity contribution in [1.82, 2.24) is 4.58 Å². The van der Waals surface area contributed by atoms with Crippen LogP contribution in [-0.4, -0.2) is 52.5 Å². The van der Waals surface area contributed by atoms with Gasteiger partial charge in [-0.1, -0.05) is 0 Å². The van der Waals surface area contributed by atoms with Gasteiger partial charge in [0, 0.05) is 0 Å². The molecule has 2 aliphatic rings. The van der Waals surface area contributed by atoms with E-state index in [0.29, 0.717) is 0 Å². The summed E-state index contributed by atoms with van der Waals surface area (Å²) >= 11 is 0.165. The molecule has 0 saturated heterocycles. The van der Waals surface area contributed by atoms with Crippen molar-refractivity contribution >= 4 is 43.1 Å². The molecule has 7 heteroatoms. The third-order valence-corrected chi connectivity index (χ3v) is 8.53. The molecule has 0 aromatic heterocycles. The number of hydrogen-bond donors (Lipinski definition) is 2. The topological polar surface area (TPSA) is 69.8 Å². The van der Waals surface area contributed by atoms with Gasteiger partial charge in [-0.25, -0.2) is 0 Å². The van der Waals surface area contributed by atoms with E-state index in [-0.39, 0.29) is 19.8 Å². The molecule has 0 bridgehead atoms. The summed E-state index contributed by atoms with van der Waals surface area (Å²) < 4.78 is 4.73.